The maximum atomic E-state index is 12.5. The minimum atomic E-state index is -0.0800. The van der Waals surface area contributed by atoms with E-state index in [1.54, 1.807) is 0 Å². The van der Waals surface area contributed by atoms with Crippen molar-refractivity contribution in [1.82, 2.24) is 10.2 Å². The molecule has 4 nitrogen and oxygen atoms in total. The van der Waals surface area contributed by atoms with E-state index in [9.17, 15) is 4.79 Å². The van der Waals surface area contributed by atoms with Gasteiger partial charge < -0.3 is 5.32 Å². The van der Waals surface area contributed by atoms with E-state index in [0.717, 1.165) is 38.3 Å². The first-order valence-electron chi connectivity index (χ1n) is 8.28. The number of thiophene rings is 1. The molecule has 2 aromatic carbocycles. The van der Waals surface area contributed by atoms with Gasteiger partial charge in [-0.1, -0.05) is 42.5 Å². The smallest absolute Gasteiger partial charge is 0.266 e. The second-order valence-electron chi connectivity index (χ2n) is 5.96. The molecule has 4 rings (SSSR count). The van der Waals surface area contributed by atoms with Crippen molar-refractivity contribution in [3.63, 3.8) is 0 Å². The quantitative estimate of drug-likeness (QED) is 0.516. The first kappa shape index (κ1) is 16.3. The summed E-state index contributed by atoms with van der Waals surface area (Å²) in [5, 5.41) is 13.4. The third kappa shape index (κ3) is 3.17. The Morgan fingerprint density at radius 1 is 1.08 bits per heavy atom. The van der Waals surface area contributed by atoms with Crippen LogP contribution in [0.1, 0.15) is 26.5 Å². The molecule has 0 saturated carbocycles. The monoisotopic (exact) mass is 359 g/mol. The summed E-state index contributed by atoms with van der Waals surface area (Å²) in [5.74, 6) is -0.0800. The highest BCUT2D eigenvalue weighted by Gasteiger charge is 2.12. The van der Waals surface area contributed by atoms with Gasteiger partial charge in [0.2, 0.25) is 0 Å². The van der Waals surface area contributed by atoms with Crippen molar-refractivity contribution in [2.24, 2.45) is 0 Å². The zero-order valence-corrected chi connectivity index (χ0v) is 15.0. The topological polar surface area (TPSA) is 57.8 Å². The van der Waals surface area contributed by atoms with E-state index in [1.165, 1.54) is 11.3 Å². The Morgan fingerprint density at radius 3 is 2.73 bits per heavy atom. The first-order chi connectivity index (χ1) is 12.7. The lowest BCUT2D eigenvalue weighted by molar-refractivity contribution is 0.103. The van der Waals surface area contributed by atoms with Crippen LogP contribution in [0.25, 0.3) is 23.1 Å². The number of nitrogens with one attached hydrogen (secondary N) is 2. The summed E-state index contributed by atoms with van der Waals surface area (Å²) in [6, 6.07) is 17.7. The summed E-state index contributed by atoms with van der Waals surface area (Å²) < 4.78 is 0. The predicted molar refractivity (Wildman–Crippen MR) is 108 cm³/mol. The van der Waals surface area contributed by atoms with Crippen molar-refractivity contribution in [3.05, 3.63) is 81.7 Å². The number of benzene rings is 2. The van der Waals surface area contributed by atoms with Crippen molar-refractivity contribution in [2.45, 2.75) is 6.92 Å². The number of H-pyrrole nitrogens is 1. The van der Waals surface area contributed by atoms with Gasteiger partial charge in [0.15, 0.2) is 0 Å². The van der Waals surface area contributed by atoms with Crippen LogP contribution in [0, 0.1) is 6.92 Å². The molecule has 4 aromatic rings. The van der Waals surface area contributed by atoms with Crippen LogP contribution in [0.2, 0.25) is 0 Å². The molecule has 26 heavy (non-hydrogen) atoms. The summed E-state index contributed by atoms with van der Waals surface area (Å²) in [6.45, 7) is 1.94. The van der Waals surface area contributed by atoms with Gasteiger partial charge in [0, 0.05) is 11.1 Å². The first-order valence-corrected chi connectivity index (χ1v) is 9.16. The van der Waals surface area contributed by atoms with Crippen molar-refractivity contribution in [1.29, 1.82) is 0 Å². The summed E-state index contributed by atoms with van der Waals surface area (Å²) in [4.78, 5) is 13.3. The Labute approximate surface area is 155 Å². The van der Waals surface area contributed by atoms with E-state index in [4.69, 9.17) is 0 Å². The molecular weight excluding hydrogens is 342 g/mol. The summed E-state index contributed by atoms with van der Waals surface area (Å²) in [7, 11) is 0. The zero-order chi connectivity index (χ0) is 17.9. The number of nitrogens with zero attached hydrogens (tertiary/aromatic N) is 1. The van der Waals surface area contributed by atoms with Gasteiger partial charge in [-0.05, 0) is 47.7 Å². The fourth-order valence-corrected chi connectivity index (χ4v) is 3.64. The van der Waals surface area contributed by atoms with Crippen LogP contribution in [0.15, 0.2) is 60.0 Å². The van der Waals surface area contributed by atoms with E-state index >= 15 is 0 Å². The number of para-hydroxylation sites is 2. The number of carbonyl (C=O) groups is 1. The van der Waals surface area contributed by atoms with Gasteiger partial charge in [0.05, 0.1) is 16.1 Å². The van der Waals surface area contributed by atoms with Gasteiger partial charge in [-0.25, -0.2) is 0 Å². The van der Waals surface area contributed by atoms with E-state index in [2.05, 4.69) is 15.5 Å². The highest BCUT2D eigenvalue weighted by Crippen LogP contribution is 2.23. The van der Waals surface area contributed by atoms with Gasteiger partial charge >= 0.3 is 0 Å². The molecule has 0 aliphatic carbocycles. The van der Waals surface area contributed by atoms with Crippen molar-refractivity contribution >= 4 is 46.0 Å². The minimum absolute atomic E-state index is 0.0800. The standard InChI is InChI=1S/C21H17N3OS/c1-14-12-13-26-20(14)21(25)22-17-8-4-2-6-15(17)10-11-19-16-7-3-5-9-18(16)23-24-19/h2-13H,1H3,(H,22,25)(H,23,24). The number of anilines is 1. The zero-order valence-electron chi connectivity index (χ0n) is 14.2. The second-order valence-corrected chi connectivity index (χ2v) is 6.88. The largest absolute Gasteiger partial charge is 0.321 e. The Kier molecular flexibility index (Phi) is 4.37. The Morgan fingerprint density at radius 2 is 1.88 bits per heavy atom. The fourth-order valence-electron chi connectivity index (χ4n) is 2.82. The van der Waals surface area contributed by atoms with E-state index in [0.29, 0.717) is 0 Å². The molecule has 2 N–H and O–H groups in total. The molecule has 5 heteroatoms. The van der Waals surface area contributed by atoms with Crippen LogP contribution < -0.4 is 5.32 Å². The third-order valence-corrected chi connectivity index (χ3v) is 5.21. The SMILES string of the molecule is Cc1ccsc1C(=O)Nc1ccccc1C=Cc1n[nH]c2ccccc12. The van der Waals surface area contributed by atoms with Crippen LogP contribution in [0.3, 0.4) is 0 Å². The molecule has 2 heterocycles. The van der Waals surface area contributed by atoms with Gasteiger partial charge in [0.25, 0.3) is 5.91 Å². The Hall–Kier alpha value is -3.18. The predicted octanol–water partition coefficient (Wildman–Crippen LogP) is 5.36. The minimum Gasteiger partial charge on any atom is -0.321 e. The van der Waals surface area contributed by atoms with Crippen LogP contribution in [-0.2, 0) is 0 Å². The van der Waals surface area contributed by atoms with Gasteiger partial charge in [0.1, 0.15) is 0 Å². The molecule has 0 saturated heterocycles. The average Bonchev–Trinajstić information content (AvgIpc) is 3.27. The molecule has 0 bridgehead atoms. The van der Waals surface area contributed by atoms with Crippen molar-refractivity contribution in [3.8, 4) is 0 Å². The van der Waals surface area contributed by atoms with Crippen LogP contribution >= 0.6 is 11.3 Å². The maximum absolute atomic E-state index is 12.5. The fraction of sp³-hybridized carbons (Fsp3) is 0.0476. The maximum Gasteiger partial charge on any atom is 0.266 e. The van der Waals surface area contributed by atoms with Gasteiger partial charge in [-0.3, -0.25) is 9.89 Å². The molecule has 0 atom stereocenters. The number of aromatic amines is 1. The number of carbonyl (C=O) groups excluding carboxylic acids is 1. The molecule has 128 valence electrons. The van der Waals surface area contributed by atoms with Crippen molar-refractivity contribution < 1.29 is 4.79 Å². The Bertz CT molecular complexity index is 1110. The lowest BCUT2D eigenvalue weighted by Crippen LogP contribution is -2.12. The lowest BCUT2D eigenvalue weighted by atomic mass is 10.1. The number of aryl methyl sites for hydroxylation is 1. The van der Waals surface area contributed by atoms with Gasteiger partial charge in [-0.15, -0.1) is 11.3 Å². The summed E-state index contributed by atoms with van der Waals surface area (Å²) in [5.41, 5.74) is 4.57. The molecule has 0 radical (unpaired) electrons. The van der Waals surface area contributed by atoms with E-state index < -0.39 is 0 Å². The summed E-state index contributed by atoms with van der Waals surface area (Å²) >= 11 is 1.45. The van der Waals surface area contributed by atoms with Crippen LogP contribution in [-0.4, -0.2) is 16.1 Å². The average molecular weight is 359 g/mol. The van der Waals surface area contributed by atoms with E-state index in [-0.39, 0.29) is 5.91 Å². The Balaban J connectivity index is 1.62. The third-order valence-electron chi connectivity index (χ3n) is 4.20. The number of rotatable bonds is 4. The van der Waals surface area contributed by atoms with Crippen LogP contribution in [0.5, 0.6) is 0 Å². The number of aromatic nitrogens is 2. The highest BCUT2D eigenvalue weighted by molar-refractivity contribution is 7.12. The molecule has 0 spiro atoms. The molecule has 0 fully saturated rings. The van der Waals surface area contributed by atoms with Crippen molar-refractivity contribution in [2.75, 3.05) is 5.32 Å². The molecule has 0 aliphatic heterocycles. The number of amides is 1. The molecular formula is C21H17N3OS. The molecule has 0 unspecified atom stereocenters. The number of fused-ring (bicyclic) bond motifs is 1. The number of hydrogen-bond acceptors (Lipinski definition) is 3. The van der Waals surface area contributed by atoms with Gasteiger partial charge in [-0.2, -0.15) is 5.10 Å². The second kappa shape index (κ2) is 6.98. The molecule has 1 amide bonds. The highest BCUT2D eigenvalue weighted by atomic mass is 32.1. The van der Waals surface area contributed by atoms with E-state index in [1.807, 2.05) is 79.1 Å². The van der Waals surface area contributed by atoms with Crippen LogP contribution in [0.4, 0.5) is 5.69 Å². The lowest BCUT2D eigenvalue weighted by Gasteiger charge is -2.08. The molecule has 2 aromatic heterocycles. The normalized spacial score (nSPS) is 11.3. The number of hydrogen-bond donors (Lipinski definition) is 2. The summed E-state index contributed by atoms with van der Waals surface area (Å²) in [6.07, 6.45) is 3.93. The molecule has 0 aliphatic rings.